The second-order valence-electron chi connectivity index (χ2n) is 4.13. The summed E-state index contributed by atoms with van der Waals surface area (Å²) in [7, 11) is 0. The van der Waals surface area contributed by atoms with Crippen molar-refractivity contribution in [2.75, 3.05) is 11.5 Å². The summed E-state index contributed by atoms with van der Waals surface area (Å²) in [6.07, 6.45) is 0. The Labute approximate surface area is 102 Å². The fourth-order valence-corrected chi connectivity index (χ4v) is 2.79. The Morgan fingerprint density at radius 3 is 2.94 bits per heavy atom. The zero-order valence-corrected chi connectivity index (χ0v) is 10.7. The van der Waals surface area contributed by atoms with Crippen LogP contribution >= 0.6 is 23.1 Å². The highest BCUT2D eigenvalue weighted by atomic mass is 32.2. The first-order valence-corrected chi connectivity index (χ1v) is 6.68. The molecule has 0 aromatic carbocycles. The van der Waals surface area contributed by atoms with E-state index in [2.05, 4.69) is 9.97 Å². The van der Waals surface area contributed by atoms with Gasteiger partial charge in [-0.25, -0.2) is 9.97 Å². The molecule has 2 aromatic rings. The Morgan fingerprint density at radius 2 is 2.25 bits per heavy atom. The topological polar surface area (TPSA) is 72.0 Å². The van der Waals surface area contributed by atoms with Gasteiger partial charge in [0.25, 0.3) is 0 Å². The van der Waals surface area contributed by atoms with E-state index in [-0.39, 0.29) is 0 Å². The van der Waals surface area contributed by atoms with Crippen molar-refractivity contribution >= 4 is 39.1 Å². The molecule has 0 fully saturated rings. The maximum Gasteiger partial charge on any atom is 0.190 e. The fourth-order valence-electron chi connectivity index (χ4n) is 1.16. The lowest BCUT2D eigenvalue weighted by atomic mass is 10.2. The highest BCUT2D eigenvalue weighted by Crippen LogP contribution is 2.27. The third-order valence-corrected chi connectivity index (χ3v) is 3.99. The number of nitrogens with two attached hydrogens (primary N) is 1. The van der Waals surface area contributed by atoms with E-state index in [0.29, 0.717) is 16.7 Å². The van der Waals surface area contributed by atoms with Crippen molar-refractivity contribution in [2.24, 2.45) is 0 Å². The molecule has 0 aliphatic heterocycles. The van der Waals surface area contributed by atoms with Crippen molar-refractivity contribution in [3.05, 3.63) is 11.4 Å². The van der Waals surface area contributed by atoms with E-state index in [9.17, 15) is 5.11 Å². The zero-order valence-electron chi connectivity index (χ0n) is 9.10. The maximum absolute atomic E-state index is 9.62. The molecule has 0 spiro atoms. The first-order chi connectivity index (χ1) is 7.46. The van der Waals surface area contributed by atoms with Crippen LogP contribution in [0.4, 0.5) is 5.82 Å². The number of anilines is 1. The van der Waals surface area contributed by atoms with Crippen LogP contribution in [0.1, 0.15) is 13.8 Å². The van der Waals surface area contributed by atoms with Crippen molar-refractivity contribution in [1.82, 2.24) is 9.97 Å². The summed E-state index contributed by atoms with van der Waals surface area (Å²) in [6.45, 7) is 3.51. The SMILES string of the molecule is CC(C)(O)CSc1nc(N)c2ccsc2n1. The molecule has 2 rings (SSSR count). The average molecular weight is 255 g/mol. The molecule has 86 valence electrons. The van der Waals surface area contributed by atoms with E-state index in [4.69, 9.17) is 5.73 Å². The second-order valence-corrected chi connectivity index (χ2v) is 5.97. The minimum Gasteiger partial charge on any atom is -0.390 e. The number of thiophene rings is 1. The van der Waals surface area contributed by atoms with Gasteiger partial charge >= 0.3 is 0 Å². The van der Waals surface area contributed by atoms with E-state index in [1.165, 1.54) is 11.8 Å². The summed E-state index contributed by atoms with van der Waals surface area (Å²) in [5, 5.41) is 13.1. The van der Waals surface area contributed by atoms with Gasteiger partial charge in [0.15, 0.2) is 5.16 Å². The molecule has 0 saturated carbocycles. The smallest absolute Gasteiger partial charge is 0.190 e. The molecule has 0 amide bonds. The summed E-state index contributed by atoms with van der Waals surface area (Å²) in [6, 6.07) is 1.92. The van der Waals surface area contributed by atoms with Gasteiger partial charge in [-0.15, -0.1) is 11.3 Å². The lowest BCUT2D eigenvalue weighted by Crippen LogP contribution is -2.21. The predicted molar refractivity (Wildman–Crippen MR) is 68.8 cm³/mol. The van der Waals surface area contributed by atoms with Crippen LogP contribution in [0.2, 0.25) is 0 Å². The Balaban J connectivity index is 2.25. The molecule has 0 saturated heterocycles. The van der Waals surface area contributed by atoms with Crippen molar-refractivity contribution < 1.29 is 5.11 Å². The van der Waals surface area contributed by atoms with Crippen molar-refractivity contribution in [2.45, 2.75) is 24.6 Å². The molecule has 3 N–H and O–H groups in total. The molecule has 2 aromatic heterocycles. The van der Waals surface area contributed by atoms with Gasteiger partial charge in [0.1, 0.15) is 10.6 Å². The lowest BCUT2D eigenvalue weighted by Gasteiger charge is -2.15. The van der Waals surface area contributed by atoms with Crippen molar-refractivity contribution in [1.29, 1.82) is 0 Å². The van der Waals surface area contributed by atoms with Crippen LogP contribution in [0.25, 0.3) is 10.2 Å². The summed E-state index contributed by atoms with van der Waals surface area (Å²) >= 11 is 2.96. The predicted octanol–water partition coefficient (Wildman–Crippen LogP) is 2.14. The largest absolute Gasteiger partial charge is 0.390 e. The van der Waals surface area contributed by atoms with Crippen LogP contribution in [-0.4, -0.2) is 26.4 Å². The second kappa shape index (κ2) is 4.20. The quantitative estimate of drug-likeness (QED) is 0.649. The third kappa shape index (κ3) is 2.63. The molecule has 6 heteroatoms. The fraction of sp³-hybridized carbons (Fsp3) is 0.400. The Bertz CT molecular complexity index is 504. The van der Waals surface area contributed by atoms with E-state index in [1.54, 1.807) is 25.2 Å². The monoisotopic (exact) mass is 255 g/mol. The number of aliphatic hydroxyl groups is 1. The van der Waals surface area contributed by atoms with Crippen LogP contribution < -0.4 is 5.73 Å². The molecule has 0 radical (unpaired) electrons. The molecule has 2 heterocycles. The number of nitrogen functional groups attached to an aromatic ring is 1. The van der Waals surface area contributed by atoms with Gasteiger partial charge in [-0.05, 0) is 25.3 Å². The summed E-state index contributed by atoms with van der Waals surface area (Å²) in [4.78, 5) is 9.47. The molecule has 0 aliphatic carbocycles. The standard InChI is InChI=1S/C10H13N3OS2/c1-10(2,14)5-16-9-12-7(11)6-3-4-15-8(6)13-9/h3-4,14H,5H2,1-2H3,(H2,11,12,13). The minimum absolute atomic E-state index is 0.504. The zero-order chi connectivity index (χ0) is 11.8. The number of nitrogens with zero attached hydrogens (tertiary/aromatic N) is 2. The van der Waals surface area contributed by atoms with Gasteiger partial charge in [0.2, 0.25) is 0 Å². The first kappa shape index (κ1) is 11.6. The van der Waals surface area contributed by atoms with Crippen LogP contribution in [0.3, 0.4) is 0 Å². The highest BCUT2D eigenvalue weighted by molar-refractivity contribution is 7.99. The third-order valence-electron chi connectivity index (χ3n) is 1.89. The van der Waals surface area contributed by atoms with Crippen LogP contribution in [0.5, 0.6) is 0 Å². The number of fused-ring (bicyclic) bond motifs is 1. The summed E-state index contributed by atoms with van der Waals surface area (Å²) < 4.78 is 0. The van der Waals surface area contributed by atoms with Gasteiger partial charge < -0.3 is 10.8 Å². The summed E-state index contributed by atoms with van der Waals surface area (Å²) in [5.74, 6) is 1.05. The molecular formula is C10H13N3OS2. The van der Waals surface area contributed by atoms with E-state index in [1.807, 2.05) is 11.4 Å². The number of rotatable bonds is 3. The molecule has 0 atom stereocenters. The lowest BCUT2D eigenvalue weighted by molar-refractivity contribution is 0.107. The van der Waals surface area contributed by atoms with Crippen molar-refractivity contribution in [3.63, 3.8) is 0 Å². The van der Waals surface area contributed by atoms with Gasteiger partial charge in [-0.3, -0.25) is 0 Å². The van der Waals surface area contributed by atoms with Crippen molar-refractivity contribution in [3.8, 4) is 0 Å². The van der Waals surface area contributed by atoms with E-state index >= 15 is 0 Å². The number of hydrogen-bond acceptors (Lipinski definition) is 6. The highest BCUT2D eigenvalue weighted by Gasteiger charge is 2.15. The van der Waals surface area contributed by atoms with Gasteiger partial charge in [-0.1, -0.05) is 11.8 Å². The summed E-state index contributed by atoms with van der Waals surface area (Å²) in [5.41, 5.74) is 5.09. The number of thioether (sulfide) groups is 1. The first-order valence-electron chi connectivity index (χ1n) is 4.81. The maximum atomic E-state index is 9.62. The van der Waals surface area contributed by atoms with E-state index in [0.717, 1.165) is 10.2 Å². The Morgan fingerprint density at radius 1 is 1.50 bits per heavy atom. The molecule has 0 unspecified atom stereocenters. The van der Waals surface area contributed by atoms with Crippen LogP contribution in [0.15, 0.2) is 16.6 Å². The average Bonchev–Trinajstić information content (AvgIpc) is 2.62. The Hall–Kier alpha value is -0.850. The van der Waals surface area contributed by atoms with E-state index < -0.39 is 5.60 Å². The van der Waals surface area contributed by atoms with Gasteiger partial charge in [0, 0.05) is 5.75 Å². The van der Waals surface area contributed by atoms with Crippen LogP contribution in [0, 0.1) is 0 Å². The van der Waals surface area contributed by atoms with Gasteiger partial charge in [-0.2, -0.15) is 0 Å². The number of aromatic nitrogens is 2. The molecule has 16 heavy (non-hydrogen) atoms. The Kier molecular flexibility index (Phi) is 3.05. The minimum atomic E-state index is -0.729. The molecule has 0 bridgehead atoms. The number of hydrogen-bond donors (Lipinski definition) is 2. The van der Waals surface area contributed by atoms with Gasteiger partial charge in [0.05, 0.1) is 11.0 Å². The molecule has 0 aliphatic rings. The molecule has 4 nitrogen and oxygen atoms in total. The normalized spacial score (nSPS) is 12.2. The molecular weight excluding hydrogens is 242 g/mol. The van der Waals surface area contributed by atoms with Crippen LogP contribution in [-0.2, 0) is 0 Å².